The van der Waals surface area contributed by atoms with Gasteiger partial charge in [-0.1, -0.05) is 25.1 Å². The number of amides is 2. The van der Waals surface area contributed by atoms with Gasteiger partial charge in [0, 0.05) is 48.6 Å². The molecule has 6 heteroatoms. The van der Waals surface area contributed by atoms with Crippen molar-refractivity contribution in [2.45, 2.75) is 45.6 Å². The van der Waals surface area contributed by atoms with Crippen LogP contribution in [0.2, 0.25) is 0 Å². The second kappa shape index (κ2) is 9.16. The molecule has 4 rings (SSSR count). The van der Waals surface area contributed by atoms with Gasteiger partial charge in [0.1, 0.15) is 5.69 Å². The number of pyridine rings is 1. The molecule has 0 bridgehead atoms. The van der Waals surface area contributed by atoms with Crippen molar-refractivity contribution in [3.8, 4) is 11.3 Å². The van der Waals surface area contributed by atoms with Crippen LogP contribution in [0.5, 0.6) is 0 Å². The lowest BCUT2D eigenvalue weighted by atomic mass is 9.99. The third-order valence-electron chi connectivity index (χ3n) is 5.81. The smallest absolute Gasteiger partial charge is 0.246 e. The molecule has 1 saturated heterocycles. The minimum atomic E-state index is -0.120. The summed E-state index contributed by atoms with van der Waals surface area (Å²) in [5, 5.41) is 7.57. The molecular weight excluding hydrogens is 388 g/mol. The Morgan fingerprint density at radius 2 is 2.06 bits per heavy atom. The molecule has 0 radical (unpaired) electrons. The topological polar surface area (TPSA) is 66.7 Å². The number of nitrogens with zero attached hydrogens (tertiary/aromatic N) is 3. The normalized spacial score (nSPS) is 16.7. The zero-order valence-corrected chi connectivity index (χ0v) is 18.0. The average Bonchev–Trinajstić information content (AvgIpc) is 3.16. The predicted molar refractivity (Wildman–Crippen MR) is 124 cm³/mol. The molecule has 1 N–H and O–H groups in total. The largest absolute Gasteiger partial charge is 0.336 e. The van der Waals surface area contributed by atoms with Gasteiger partial charge in [-0.3, -0.25) is 9.59 Å². The molecule has 31 heavy (non-hydrogen) atoms. The lowest BCUT2D eigenvalue weighted by Gasteiger charge is -2.34. The highest BCUT2D eigenvalue weighted by Gasteiger charge is 2.24. The predicted octanol–water partition coefficient (Wildman–Crippen LogP) is 4.76. The number of carbonyl (C=O) groups excluding carboxylic acids is 2. The van der Waals surface area contributed by atoms with Gasteiger partial charge in [-0.2, -0.15) is 5.10 Å². The van der Waals surface area contributed by atoms with Crippen molar-refractivity contribution in [2.24, 2.45) is 0 Å². The van der Waals surface area contributed by atoms with E-state index in [4.69, 9.17) is 5.10 Å². The Hall–Kier alpha value is -3.41. The first-order valence-electron chi connectivity index (χ1n) is 10.9. The highest BCUT2D eigenvalue weighted by Crippen LogP contribution is 2.29. The minimum absolute atomic E-state index is 0.0554. The number of benzene rings is 1. The molecule has 160 valence electrons. The second-order valence-electron chi connectivity index (χ2n) is 7.98. The Balaban J connectivity index is 1.71. The molecule has 1 fully saturated rings. The Kier molecular flexibility index (Phi) is 6.16. The standard InChI is InChI=1S/C25H28N4O2/c1-3-21-11-4-6-15-28(21)24(31)14-13-22-23-12-5-7-16-29(23)27-25(22)19-9-8-10-20(17-19)26-18(2)30/h5,7-10,12-14,16-17,21H,3-4,6,11,15H2,1-2H3,(H,26,30)/b14-13+. The summed E-state index contributed by atoms with van der Waals surface area (Å²) >= 11 is 0. The van der Waals surface area contributed by atoms with Crippen molar-refractivity contribution < 1.29 is 9.59 Å². The molecule has 2 amide bonds. The molecule has 1 aromatic carbocycles. The van der Waals surface area contributed by atoms with Gasteiger partial charge in [-0.25, -0.2) is 4.52 Å². The van der Waals surface area contributed by atoms with Crippen LogP contribution in [-0.4, -0.2) is 38.9 Å². The van der Waals surface area contributed by atoms with Gasteiger partial charge in [-0.05, 0) is 56.0 Å². The van der Waals surface area contributed by atoms with Crippen LogP contribution in [0.25, 0.3) is 22.9 Å². The molecule has 2 aromatic heterocycles. The van der Waals surface area contributed by atoms with E-state index < -0.39 is 0 Å². The summed E-state index contributed by atoms with van der Waals surface area (Å²) in [6.45, 7) is 4.45. The van der Waals surface area contributed by atoms with Crippen LogP contribution in [0.1, 0.15) is 45.1 Å². The van der Waals surface area contributed by atoms with Crippen LogP contribution in [0.3, 0.4) is 0 Å². The van der Waals surface area contributed by atoms with E-state index in [-0.39, 0.29) is 11.8 Å². The van der Waals surface area contributed by atoms with E-state index in [9.17, 15) is 9.59 Å². The number of piperidine rings is 1. The summed E-state index contributed by atoms with van der Waals surface area (Å²) in [6, 6.07) is 13.8. The first-order valence-corrected chi connectivity index (χ1v) is 10.9. The SMILES string of the molecule is CCC1CCCCN1C(=O)/C=C/c1c(-c2cccc(NC(C)=O)c2)nn2ccccc12. The quantitative estimate of drug-likeness (QED) is 0.610. The lowest BCUT2D eigenvalue weighted by Crippen LogP contribution is -2.42. The molecule has 0 saturated carbocycles. The van der Waals surface area contributed by atoms with Gasteiger partial charge in [-0.15, -0.1) is 0 Å². The van der Waals surface area contributed by atoms with Crippen LogP contribution in [0.4, 0.5) is 5.69 Å². The van der Waals surface area contributed by atoms with Crippen LogP contribution < -0.4 is 5.32 Å². The summed E-state index contributed by atoms with van der Waals surface area (Å²) in [5.74, 6) is -0.0651. The molecule has 1 aliphatic heterocycles. The molecule has 3 heterocycles. The highest BCUT2D eigenvalue weighted by atomic mass is 16.2. The van der Waals surface area contributed by atoms with Crippen LogP contribution in [0.15, 0.2) is 54.7 Å². The number of hydrogen-bond donors (Lipinski definition) is 1. The van der Waals surface area contributed by atoms with E-state index in [0.29, 0.717) is 11.7 Å². The molecule has 1 atom stereocenters. The van der Waals surface area contributed by atoms with Crippen molar-refractivity contribution in [2.75, 3.05) is 11.9 Å². The van der Waals surface area contributed by atoms with E-state index in [1.807, 2.05) is 64.2 Å². The van der Waals surface area contributed by atoms with Gasteiger partial charge in [0.25, 0.3) is 0 Å². The number of rotatable bonds is 5. The Labute approximate surface area is 182 Å². The Morgan fingerprint density at radius 1 is 1.19 bits per heavy atom. The van der Waals surface area contributed by atoms with E-state index in [2.05, 4.69) is 12.2 Å². The maximum Gasteiger partial charge on any atom is 0.246 e. The fourth-order valence-corrected chi connectivity index (χ4v) is 4.31. The van der Waals surface area contributed by atoms with Gasteiger partial charge in [0.2, 0.25) is 11.8 Å². The van der Waals surface area contributed by atoms with Crippen molar-refractivity contribution in [1.29, 1.82) is 0 Å². The second-order valence-corrected chi connectivity index (χ2v) is 7.98. The van der Waals surface area contributed by atoms with Crippen molar-refractivity contribution in [3.63, 3.8) is 0 Å². The number of nitrogens with one attached hydrogen (secondary N) is 1. The number of fused-ring (bicyclic) bond motifs is 1. The van der Waals surface area contributed by atoms with Gasteiger partial charge < -0.3 is 10.2 Å². The van der Waals surface area contributed by atoms with Crippen LogP contribution >= 0.6 is 0 Å². The summed E-state index contributed by atoms with van der Waals surface area (Å²) < 4.78 is 1.82. The maximum atomic E-state index is 13.0. The summed E-state index contributed by atoms with van der Waals surface area (Å²) in [7, 11) is 0. The summed E-state index contributed by atoms with van der Waals surface area (Å²) in [6.07, 6.45) is 9.77. The van der Waals surface area contributed by atoms with Gasteiger partial charge in [0.15, 0.2) is 0 Å². The minimum Gasteiger partial charge on any atom is -0.336 e. The van der Waals surface area contributed by atoms with Crippen molar-refractivity contribution >= 4 is 29.1 Å². The van der Waals surface area contributed by atoms with E-state index in [0.717, 1.165) is 48.1 Å². The Bertz CT molecular complexity index is 1130. The molecule has 1 aliphatic rings. The third kappa shape index (κ3) is 4.53. The molecule has 0 spiro atoms. The molecule has 1 unspecified atom stereocenters. The van der Waals surface area contributed by atoms with E-state index >= 15 is 0 Å². The average molecular weight is 417 g/mol. The molecule has 0 aliphatic carbocycles. The molecular formula is C25H28N4O2. The van der Waals surface area contributed by atoms with Crippen LogP contribution in [-0.2, 0) is 9.59 Å². The first-order chi connectivity index (χ1) is 15.1. The number of likely N-dealkylation sites (tertiary alicyclic amines) is 1. The zero-order valence-electron chi connectivity index (χ0n) is 18.0. The third-order valence-corrected chi connectivity index (χ3v) is 5.81. The number of aromatic nitrogens is 2. The highest BCUT2D eigenvalue weighted by molar-refractivity contribution is 5.96. The monoisotopic (exact) mass is 416 g/mol. The number of hydrogen-bond acceptors (Lipinski definition) is 3. The fourth-order valence-electron chi connectivity index (χ4n) is 4.31. The lowest BCUT2D eigenvalue weighted by molar-refractivity contribution is -0.129. The fraction of sp³-hybridized carbons (Fsp3) is 0.320. The summed E-state index contributed by atoms with van der Waals surface area (Å²) in [4.78, 5) is 26.5. The molecule has 3 aromatic rings. The number of anilines is 1. The van der Waals surface area contributed by atoms with Crippen molar-refractivity contribution in [3.05, 3.63) is 60.3 Å². The van der Waals surface area contributed by atoms with E-state index in [1.165, 1.54) is 13.3 Å². The van der Waals surface area contributed by atoms with Gasteiger partial charge in [0.05, 0.1) is 5.52 Å². The molecule has 6 nitrogen and oxygen atoms in total. The van der Waals surface area contributed by atoms with E-state index in [1.54, 1.807) is 6.08 Å². The van der Waals surface area contributed by atoms with Crippen LogP contribution in [0, 0.1) is 0 Å². The van der Waals surface area contributed by atoms with Crippen molar-refractivity contribution in [1.82, 2.24) is 14.5 Å². The van der Waals surface area contributed by atoms with Gasteiger partial charge >= 0.3 is 0 Å². The first kappa shape index (κ1) is 20.8. The number of carbonyl (C=O) groups is 2. The zero-order chi connectivity index (χ0) is 21.8. The Morgan fingerprint density at radius 3 is 2.87 bits per heavy atom. The maximum absolute atomic E-state index is 13.0. The summed E-state index contributed by atoms with van der Waals surface area (Å²) in [5.41, 5.74) is 4.18.